The van der Waals surface area contributed by atoms with Gasteiger partial charge in [0.1, 0.15) is 0 Å². The molecule has 1 aromatic rings. The van der Waals surface area contributed by atoms with Gasteiger partial charge in [0.25, 0.3) is 5.88 Å². The Balaban J connectivity index is 2.90. The fourth-order valence-corrected chi connectivity index (χ4v) is 0.901. The van der Waals surface area contributed by atoms with E-state index in [4.69, 9.17) is 5.11 Å². The van der Waals surface area contributed by atoms with Crippen molar-refractivity contribution in [1.82, 2.24) is 4.98 Å². The first-order chi connectivity index (χ1) is 7.36. The Hall–Kier alpha value is -1.37. The Morgan fingerprint density at radius 3 is 2.62 bits per heavy atom. The van der Waals surface area contributed by atoms with Crippen molar-refractivity contribution < 1.29 is 27.4 Å². The highest BCUT2D eigenvalue weighted by molar-refractivity contribution is 5.23. The van der Waals surface area contributed by atoms with Crippen LogP contribution in [0.25, 0.3) is 0 Å². The quantitative estimate of drug-likeness (QED) is 0.821. The zero-order valence-corrected chi connectivity index (χ0v) is 8.25. The Kier molecular flexibility index (Phi) is 3.69. The second kappa shape index (κ2) is 4.65. The van der Waals surface area contributed by atoms with E-state index in [9.17, 15) is 17.6 Å². The van der Waals surface area contributed by atoms with E-state index in [1.165, 1.54) is 0 Å². The topological polar surface area (TPSA) is 42.4 Å². The van der Waals surface area contributed by atoms with E-state index < -0.39 is 30.6 Å². The van der Waals surface area contributed by atoms with Crippen LogP contribution < -0.4 is 4.74 Å². The van der Waals surface area contributed by atoms with E-state index in [2.05, 4.69) is 9.72 Å². The molecule has 0 aromatic carbocycles. The van der Waals surface area contributed by atoms with E-state index in [1.54, 1.807) is 0 Å². The van der Waals surface area contributed by atoms with Gasteiger partial charge in [-0.3, -0.25) is 0 Å². The van der Waals surface area contributed by atoms with Crippen molar-refractivity contribution in [2.75, 3.05) is 0 Å². The lowest BCUT2D eigenvalue weighted by atomic mass is 10.2. The molecule has 0 bridgehead atoms. The van der Waals surface area contributed by atoms with Gasteiger partial charge in [-0.15, -0.1) is 0 Å². The van der Waals surface area contributed by atoms with Crippen molar-refractivity contribution in [2.24, 2.45) is 0 Å². The highest BCUT2D eigenvalue weighted by Gasteiger charge is 2.38. The van der Waals surface area contributed by atoms with Crippen LogP contribution in [0.15, 0.2) is 12.3 Å². The summed E-state index contributed by atoms with van der Waals surface area (Å²) >= 11 is 0. The summed E-state index contributed by atoms with van der Waals surface area (Å²) in [5, 5.41) is 8.69. The predicted octanol–water partition coefficient (Wildman–Crippen LogP) is 2.04. The van der Waals surface area contributed by atoms with E-state index in [0.29, 0.717) is 0 Å². The summed E-state index contributed by atoms with van der Waals surface area (Å²) in [5.41, 5.74) is -0.167. The Bertz CT molecular complexity index is 367. The number of hydrogen-bond acceptors (Lipinski definition) is 3. The third-order valence-corrected chi connectivity index (χ3v) is 1.86. The summed E-state index contributed by atoms with van der Waals surface area (Å²) in [7, 11) is 0. The first-order valence-corrected chi connectivity index (χ1v) is 4.34. The zero-order valence-electron chi connectivity index (χ0n) is 8.25. The maximum atomic E-state index is 13.3. The van der Waals surface area contributed by atoms with Crippen molar-refractivity contribution in [3.8, 4) is 5.88 Å². The molecule has 1 N–H and O–H groups in total. The molecule has 16 heavy (non-hydrogen) atoms. The number of ether oxygens (including phenoxy) is 1. The molecule has 0 aliphatic heterocycles. The summed E-state index contributed by atoms with van der Waals surface area (Å²) in [6.07, 6.45) is -5.69. The highest BCUT2D eigenvalue weighted by atomic mass is 19.4. The lowest BCUT2D eigenvalue weighted by molar-refractivity contribution is -0.190. The molecule has 7 heteroatoms. The number of alkyl halides is 3. The van der Waals surface area contributed by atoms with Crippen LogP contribution in [0.3, 0.4) is 0 Å². The average molecular weight is 239 g/mol. The van der Waals surface area contributed by atoms with Gasteiger partial charge in [0.2, 0.25) is 0 Å². The standard InChI is InChI=1S/C9H9F4NO2/c1-5(9(11,12)13)16-8-7(10)6(4-15)2-3-14-8/h2-3,5,15H,4H2,1H3. The molecular weight excluding hydrogens is 230 g/mol. The molecule has 0 aliphatic carbocycles. The molecule has 3 nitrogen and oxygen atoms in total. The molecule has 90 valence electrons. The van der Waals surface area contributed by atoms with Gasteiger partial charge in [0, 0.05) is 11.8 Å². The van der Waals surface area contributed by atoms with E-state index >= 15 is 0 Å². The molecule has 0 amide bonds. The minimum atomic E-state index is -4.59. The SMILES string of the molecule is CC(Oc1nccc(CO)c1F)C(F)(F)F. The summed E-state index contributed by atoms with van der Waals surface area (Å²) in [4.78, 5) is 3.33. The number of halogens is 4. The maximum absolute atomic E-state index is 13.3. The van der Waals surface area contributed by atoms with E-state index in [-0.39, 0.29) is 5.56 Å². The number of pyridine rings is 1. The Morgan fingerprint density at radius 1 is 1.50 bits per heavy atom. The lowest BCUT2D eigenvalue weighted by Gasteiger charge is -2.17. The van der Waals surface area contributed by atoms with Crippen LogP contribution in [-0.4, -0.2) is 22.4 Å². The molecule has 1 heterocycles. The monoisotopic (exact) mass is 239 g/mol. The molecule has 1 aromatic heterocycles. The minimum Gasteiger partial charge on any atom is -0.463 e. The molecule has 0 aliphatic rings. The number of rotatable bonds is 3. The molecule has 0 fully saturated rings. The second-order valence-corrected chi connectivity index (χ2v) is 3.05. The zero-order chi connectivity index (χ0) is 12.3. The first kappa shape index (κ1) is 12.7. The maximum Gasteiger partial charge on any atom is 0.425 e. The fourth-order valence-electron chi connectivity index (χ4n) is 0.901. The lowest BCUT2D eigenvalue weighted by Crippen LogP contribution is -2.31. The Morgan fingerprint density at radius 2 is 2.12 bits per heavy atom. The molecule has 0 spiro atoms. The molecule has 1 atom stereocenters. The molecular formula is C9H9F4NO2. The third-order valence-electron chi connectivity index (χ3n) is 1.86. The van der Waals surface area contributed by atoms with Gasteiger partial charge >= 0.3 is 6.18 Å². The summed E-state index contributed by atoms with van der Waals surface area (Å²) in [6.45, 7) is 0.109. The molecule has 1 unspecified atom stereocenters. The van der Waals surface area contributed by atoms with Crippen molar-refractivity contribution in [3.63, 3.8) is 0 Å². The van der Waals surface area contributed by atoms with Crippen LogP contribution in [0.4, 0.5) is 17.6 Å². The van der Waals surface area contributed by atoms with Crippen LogP contribution in [0.2, 0.25) is 0 Å². The fraction of sp³-hybridized carbons (Fsp3) is 0.444. The van der Waals surface area contributed by atoms with Crippen molar-refractivity contribution in [3.05, 3.63) is 23.6 Å². The number of aromatic nitrogens is 1. The van der Waals surface area contributed by atoms with Gasteiger partial charge in [-0.05, 0) is 13.0 Å². The number of aliphatic hydroxyl groups excluding tert-OH is 1. The van der Waals surface area contributed by atoms with Crippen LogP contribution in [0.5, 0.6) is 5.88 Å². The smallest absolute Gasteiger partial charge is 0.425 e. The normalized spacial score (nSPS) is 13.6. The van der Waals surface area contributed by atoms with Crippen LogP contribution >= 0.6 is 0 Å². The summed E-state index contributed by atoms with van der Waals surface area (Å²) in [5.74, 6) is -1.85. The highest BCUT2D eigenvalue weighted by Crippen LogP contribution is 2.26. The Labute approximate surface area is 88.7 Å². The van der Waals surface area contributed by atoms with Crippen molar-refractivity contribution in [1.29, 1.82) is 0 Å². The molecule has 0 saturated heterocycles. The molecule has 1 rings (SSSR count). The van der Waals surface area contributed by atoms with Crippen LogP contribution in [-0.2, 0) is 6.61 Å². The van der Waals surface area contributed by atoms with Gasteiger partial charge < -0.3 is 9.84 Å². The van der Waals surface area contributed by atoms with Gasteiger partial charge in [-0.2, -0.15) is 13.2 Å². The van der Waals surface area contributed by atoms with Crippen molar-refractivity contribution in [2.45, 2.75) is 25.8 Å². The molecule has 0 radical (unpaired) electrons. The largest absolute Gasteiger partial charge is 0.463 e. The first-order valence-electron chi connectivity index (χ1n) is 4.34. The van der Waals surface area contributed by atoms with Gasteiger partial charge in [-0.25, -0.2) is 9.37 Å². The summed E-state index contributed by atoms with van der Waals surface area (Å²) < 4.78 is 54.0. The van der Waals surface area contributed by atoms with E-state index in [0.717, 1.165) is 19.2 Å². The van der Waals surface area contributed by atoms with Crippen LogP contribution in [0.1, 0.15) is 12.5 Å². The van der Waals surface area contributed by atoms with E-state index in [1.807, 2.05) is 0 Å². The molecule has 0 saturated carbocycles. The second-order valence-electron chi connectivity index (χ2n) is 3.05. The van der Waals surface area contributed by atoms with Gasteiger partial charge in [-0.1, -0.05) is 0 Å². The van der Waals surface area contributed by atoms with Crippen molar-refractivity contribution >= 4 is 0 Å². The summed E-state index contributed by atoms with van der Waals surface area (Å²) in [6, 6.07) is 1.15. The van der Waals surface area contributed by atoms with Gasteiger partial charge in [0.05, 0.1) is 6.61 Å². The minimum absolute atomic E-state index is 0.167. The van der Waals surface area contributed by atoms with Gasteiger partial charge in [0.15, 0.2) is 11.9 Å². The average Bonchev–Trinajstić information content (AvgIpc) is 2.19. The number of hydrogen-bond donors (Lipinski definition) is 1. The number of aliphatic hydroxyl groups is 1. The third kappa shape index (κ3) is 2.82. The predicted molar refractivity (Wildman–Crippen MR) is 46.3 cm³/mol. The van der Waals surface area contributed by atoms with Crippen LogP contribution in [0, 0.1) is 5.82 Å². The number of nitrogens with zero attached hydrogens (tertiary/aromatic N) is 1.